The molecule has 0 aromatic heterocycles. The molecule has 2 fully saturated rings. The summed E-state index contributed by atoms with van der Waals surface area (Å²) in [7, 11) is 0. The van der Waals surface area contributed by atoms with Crippen molar-refractivity contribution in [2.75, 3.05) is 38.0 Å². The summed E-state index contributed by atoms with van der Waals surface area (Å²) < 4.78 is 14.0. The average molecular weight is 347 g/mol. The Kier molecular flexibility index (Phi) is 5.56. The summed E-state index contributed by atoms with van der Waals surface area (Å²) in [5, 5.41) is 2.89. The van der Waals surface area contributed by atoms with E-state index in [9.17, 15) is 14.0 Å². The third-order valence-electron chi connectivity index (χ3n) is 5.24. The van der Waals surface area contributed by atoms with Crippen molar-refractivity contribution in [3.8, 4) is 0 Å². The van der Waals surface area contributed by atoms with Crippen LogP contribution < -0.4 is 5.32 Å². The lowest BCUT2D eigenvalue weighted by Gasteiger charge is -2.33. The Bertz CT molecular complexity index is 636. The van der Waals surface area contributed by atoms with Crippen LogP contribution in [0.15, 0.2) is 18.2 Å². The number of likely N-dealkylation sites (tertiary alicyclic amines) is 2. The molecule has 0 spiro atoms. The molecular weight excluding hydrogens is 321 g/mol. The molecule has 2 heterocycles. The van der Waals surface area contributed by atoms with E-state index in [0.717, 1.165) is 38.8 Å². The van der Waals surface area contributed by atoms with Gasteiger partial charge in [-0.05, 0) is 44.2 Å². The van der Waals surface area contributed by atoms with Crippen molar-refractivity contribution in [3.05, 3.63) is 29.6 Å². The predicted octanol–water partition coefficient (Wildman–Crippen LogP) is 2.41. The highest BCUT2D eigenvalue weighted by Gasteiger charge is 2.31. The SMILES string of the molecule is Cc1cccc(NCC(=O)N2CCC(C(=O)N3CCCC3)CC2)c1F. The van der Waals surface area contributed by atoms with E-state index >= 15 is 0 Å². The van der Waals surface area contributed by atoms with E-state index in [1.165, 1.54) is 0 Å². The second-order valence-corrected chi connectivity index (χ2v) is 6.98. The number of aryl methyl sites for hydroxylation is 1. The Morgan fingerprint density at radius 3 is 2.48 bits per heavy atom. The standard InChI is InChI=1S/C19H26FN3O2/c1-14-5-4-6-16(18(14)20)21-13-17(24)22-11-7-15(8-12-22)19(25)23-9-2-3-10-23/h4-6,15,21H,2-3,7-13H2,1H3. The maximum atomic E-state index is 14.0. The topological polar surface area (TPSA) is 52.7 Å². The van der Waals surface area contributed by atoms with E-state index < -0.39 is 0 Å². The van der Waals surface area contributed by atoms with Gasteiger partial charge in [0.1, 0.15) is 5.82 Å². The number of carbonyl (C=O) groups is 2. The number of benzene rings is 1. The molecule has 2 amide bonds. The van der Waals surface area contributed by atoms with Gasteiger partial charge in [-0.2, -0.15) is 0 Å². The smallest absolute Gasteiger partial charge is 0.241 e. The third kappa shape index (κ3) is 4.11. The Morgan fingerprint density at radius 2 is 1.80 bits per heavy atom. The van der Waals surface area contributed by atoms with Crippen molar-refractivity contribution >= 4 is 17.5 Å². The van der Waals surface area contributed by atoms with Crippen LogP contribution in [0, 0.1) is 18.7 Å². The fraction of sp³-hybridized carbons (Fsp3) is 0.579. The number of carbonyl (C=O) groups excluding carboxylic acids is 2. The lowest BCUT2D eigenvalue weighted by atomic mass is 9.95. The van der Waals surface area contributed by atoms with Gasteiger partial charge in [-0.25, -0.2) is 4.39 Å². The molecule has 0 saturated carbocycles. The number of rotatable bonds is 4. The predicted molar refractivity (Wildman–Crippen MR) is 94.7 cm³/mol. The summed E-state index contributed by atoms with van der Waals surface area (Å²) in [6, 6.07) is 5.10. The van der Waals surface area contributed by atoms with Crippen molar-refractivity contribution in [3.63, 3.8) is 0 Å². The zero-order valence-corrected chi connectivity index (χ0v) is 14.8. The molecule has 1 aromatic rings. The first kappa shape index (κ1) is 17.7. The van der Waals surface area contributed by atoms with E-state index in [-0.39, 0.29) is 30.1 Å². The number of nitrogens with one attached hydrogen (secondary N) is 1. The summed E-state index contributed by atoms with van der Waals surface area (Å²) in [5.41, 5.74) is 0.908. The molecule has 6 heteroatoms. The van der Waals surface area contributed by atoms with Gasteiger partial charge in [0.15, 0.2) is 0 Å². The Labute approximate surface area is 148 Å². The third-order valence-corrected chi connectivity index (χ3v) is 5.24. The highest BCUT2D eigenvalue weighted by molar-refractivity contribution is 5.82. The van der Waals surface area contributed by atoms with Crippen molar-refractivity contribution in [1.82, 2.24) is 9.80 Å². The number of hydrogen-bond donors (Lipinski definition) is 1. The summed E-state index contributed by atoms with van der Waals surface area (Å²) in [5.74, 6) is -0.0629. The molecule has 0 aliphatic carbocycles. The van der Waals surface area contributed by atoms with Crippen molar-refractivity contribution < 1.29 is 14.0 Å². The monoisotopic (exact) mass is 347 g/mol. The van der Waals surface area contributed by atoms with Crippen LogP contribution in [-0.2, 0) is 9.59 Å². The van der Waals surface area contributed by atoms with Gasteiger partial charge in [0.2, 0.25) is 11.8 Å². The fourth-order valence-electron chi connectivity index (χ4n) is 3.64. The maximum Gasteiger partial charge on any atom is 0.241 e. The molecule has 0 radical (unpaired) electrons. The van der Waals surface area contributed by atoms with Gasteiger partial charge < -0.3 is 15.1 Å². The van der Waals surface area contributed by atoms with Gasteiger partial charge in [0.25, 0.3) is 0 Å². The van der Waals surface area contributed by atoms with E-state index in [2.05, 4.69) is 5.32 Å². The van der Waals surface area contributed by atoms with E-state index in [1.54, 1.807) is 30.0 Å². The first-order valence-corrected chi connectivity index (χ1v) is 9.12. The molecule has 2 aliphatic heterocycles. The molecule has 2 aliphatic rings. The number of anilines is 1. The summed E-state index contributed by atoms with van der Waals surface area (Å²) in [4.78, 5) is 28.5. The zero-order chi connectivity index (χ0) is 17.8. The molecule has 3 rings (SSSR count). The molecule has 2 saturated heterocycles. The lowest BCUT2D eigenvalue weighted by molar-refractivity contribution is -0.139. The molecule has 136 valence electrons. The van der Waals surface area contributed by atoms with Crippen molar-refractivity contribution in [2.24, 2.45) is 5.92 Å². The summed E-state index contributed by atoms with van der Waals surface area (Å²) in [6.45, 7) is 4.73. The van der Waals surface area contributed by atoms with Gasteiger partial charge in [0.05, 0.1) is 12.2 Å². The molecule has 0 bridgehead atoms. The number of amides is 2. The zero-order valence-electron chi connectivity index (χ0n) is 14.8. The number of nitrogens with zero attached hydrogens (tertiary/aromatic N) is 2. The number of piperidine rings is 1. The molecule has 25 heavy (non-hydrogen) atoms. The normalized spacial score (nSPS) is 18.5. The van der Waals surface area contributed by atoms with Crippen molar-refractivity contribution in [2.45, 2.75) is 32.6 Å². The first-order valence-electron chi connectivity index (χ1n) is 9.12. The molecule has 0 atom stereocenters. The highest BCUT2D eigenvalue weighted by Crippen LogP contribution is 2.22. The van der Waals surface area contributed by atoms with Gasteiger partial charge in [-0.3, -0.25) is 9.59 Å². The Morgan fingerprint density at radius 1 is 1.12 bits per heavy atom. The Balaban J connectivity index is 1.46. The second kappa shape index (κ2) is 7.85. The van der Waals surface area contributed by atoms with Crippen LogP contribution in [0.25, 0.3) is 0 Å². The van der Waals surface area contributed by atoms with Gasteiger partial charge in [-0.1, -0.05) is 12.1 Å². The largest absolute Gasteiger partial charge is 0.374 e. The lowest BCUT2D eigenvalue weighted by Crippen LogP contribution is -2.45. The number of halogens is 1. The maximum absolute atomic E-state index is 14.0. The highest BCUT2D eigenvalue weighted by atomic mass is 19.1. The quantitative estimate of drug-likeness (QED) is 0.910. The molecule has 1 N–H and O–H groups in total. The van der Waals surface area contributed by atoms with Crippen LogP contribution in [0.1, 0.15) is 31.2 Å². The average Bonchev–Trinajstić information content (AvgIpc) is 3.17. The second-order valence-electron chi connectivity index (χ2n) is 6.98. The minimum Gasteiger partial charge on any atom is -0.374 e. The van der Waals surface area contributed by atoms with Gasteiger partial charge in [-0.15, -0.1) is 0 Å². The molecular formula is C19H26FN3O2. The van der Waals surface area contributed by atoms with E-state index in [4.69, 9.17) is 0 Å². The van der Waals surface area contributed by atoms with Crippen LogP contribution in [0.4, 0.5) is 10.1 Å². The molecule has 1 aromatic carbocycles. The Hall–Kier alpha value is -2.11. The molecule has 0 unspecified atom stereocenters. The minimum atomic E-state index is -0.315. The van der Waals surface area contributed by atoms with Crippen LogP contribution in [-0.4, -0.2) is 54.3 Å². The summed E-state index contributed by atoms with van der Waals surface area (Å²) >= 11 is 0. The minimum absolute atomic E-state index is 0.0457. The van der Waals surface area contributed by atoms with Crippen LogP contribution in [0.2, 0.25) is 0 Å². The van der Waals surface area contributed by atoms with Crippen LogP contribution in [0.3, 0.4) is 0 Å². The van der Waals surface area contributed by atoms with Gasteiger partial charge >= 0.3 is 0 Å². The van der Waals surface area contributed by atoms with Gasteiger partial charge in [0, 0.05) is 32.1 Å². The van der Waals surface area contributed by atoms with E-state index in [0.29, 0.717) is 24.3 Å². The molecule has 5 nitrogen and oxygen atoms in total. The fourth-order valence-corrected chi connectivity index (χ4v) is 3.64. The van der Waals surface area contributed by atoms with Crippen LogP contribution >= 0.6 is 0 Å². The summed E-state index contributed by atoms with van der Waals surface area (Å²) in [6.07, 6.45) is 3.65. The van der Waals surface area contributed by atoms with Crippen LogP contribution in [0.5, 0.6) is 0 Å². The first-order chi connectivity index (χ1) is 12.1. The van der Waals surface area contributed by atoms with E-state index in [1.807, 2.05) is 4.90 Å². The van der Waals surface area contributed by atoms with Crippen molar-refractivity contribution in [1.29, 1.82) is 0 Å². The number of hydrogen-bond acceptors (Lipinski definition) is 3.